The van der Waals surface area contributed by atoms with Gasteiger partial charge in [-0.15, -0.1) is 0 Å². The highest BCUT2D eigenvalue weighted by Crippen LogP contribution is 2.11. The van der Waals surface area contributed by atoms with E-state index >= 15 is 0 Å². The summed E-state index contributed by atoms with van der Waals surface area (Å²) in [5.41, 5.74) is -0.972. The molecule has 0 atom stereocenters. The number of hydrogen-bond donors (Lipinski definition) is 1. The fourth-order valence-electron chi connectivity index (χ4n) is 0.717. The van der Waals surface area contributed by atoms with Gasteiger partial charge in [0.25, 0.3) is 0 Å². The summed E-state index contributed by atoms with van der Waals surface area (Å²) in [6.07, 6.45) is 4.41. The van der Waals surface area contributed by atoms with Crippen LogP contribution in [-0.2, 0) is 4.79 Å². The second kappa shape index (κ2) is 4.02. The lowest BCUT2D eigenvalue weighted by Crippen LogP contribution is -2.31. The van der Waals surface area contributed by atoms with Crippen molar-refractivity contribution >= 4 is 5.78 Å². The summed E-state index contributed by atoms with van der Waals surface area (Å²) in [5, 5.41) is 9.34. The van der Waals surface area contributed by atoms with E-state index in [0.717, 1.165) is 0 Å². The standard InChI is InChI=1S/C10H14O2/c1-5-7-8(6-2)9(11)10(3,4)12/h5-7,12H,1-2H2,3-4H3/b8-7+. The number of carbonyl (C=O) groups is 1. The second-order valence-corrected chi connectivity index (χ2v) is 2.95. The van der Waals surface area contributed by atoms with Crippen molar-refractivity contribution in [3.8, 4) is 0 Å². The zero-order chi connectivity index (χ0) is 9.78. The largest absolute Gasteiger partial charge is 0.382 e. The third-order valence-electron chi connectivity index (χ3n) is 1.34. The average molecular weight is 166 g/mol. The molecule has 0 amide bonds. The van der Waals surface area contributed by atoms with Crippen molar-refractivity contribution < 1.29 is 9.90 Å². The molecule has 0 rings (SSSR count). The van der Waals surface area contributed by atoms with Crippen molar-refractivity contribution in [2.24, 2.45) is 0 Å². The van der Waals surface area contributed by atoms with Gasteiger partial charge < -0.3 is 5.11 Å². The molecule has 1 N–H and O–H groups in total. The van der Waals surface area contributed by atoms with E-state index < -0.39 is 5.60 Å². The first-order chi connectivity index (χ1) is 5.43. The van der Waals surface area contributed by atoms with Crippen LogP contribution in [0.3, 0.4) is 0 Å². The van der Waals surface area contributed by atoms with Gasteiger partial charge in [-0.1, -0.05) is 31.4 Å². The first-order valence-electron chi connectivity index (χ1n) is 3.65. The molecule has 12 heavy (non-hydrogen) atoms. The average Bonchev–Trinajstić information content (AvgIpc) is 1.97. The van der Waals surface area contributed by atoms with Gasteiger partial charge in [-0.2, -0.15) is 0 Å². The summed E-state index contributed by atoms with van der Waals surface area (Å²) in [5.74, 6) is -0.350. The maximum Gasteiger partial charge on any atom is 0.193 e. The highest BCUT2D eigenvalue weighted by Gasteiger charge is 2.25. The molecule has 2 nitrogen and oxygen atoms in total. The Kier molecular flexibility index (Phi) is 3.64. The molecule has 0 heterocycles. The monoisotopic (exact) mass is 166 g/mol. The highest BCUT2D eigenvalue weighted by molar-refractivity contribution is 6.03. The van der Waals surface area contributed by atoms with Gasteiger partial charge in [-0.3, -0.25) is 4.79 Å². The van der Waals surface area contributed by atoms with Crippen LogP contribution in [0.25, 0.3) is 0 Å². The van der Waals surface area contributed by atoms with Crippen LogP contribution in [0.2, 0.25) is 0 Å². The summed E-state index contributed by atoms with van der Waals surface area (Å²) >= 11 is 0. The van der Waals surface area contributed by atoms with E-state index in [2.05, 4.69) is 13.2 Å². The Labute approximate surface area is 72.9 Å². The molecule has 0 aromatic heterocycles. The number of aliphatic hydroxyl groups is 1. The van der Waals surface area contributed by atoms with Crippen LogP contribution in [0.5, 0.6) is 0 Å². The Hall–Kier alpha value is -1.15. The van der Waals surface area contributed by atoms with Crippen LogP contribution in [0.4, 0.5) is 0 Å². The van der Waals surface area contributed by atoms with Crippen LogP contribution in [0.1, 0.15) is 13.8 Å². The van der Waals surface area contributed by atoms with Crippen molar-refractivity contribution in [3.05, 3.63) is 37.0 Å². The van der Waals surface area contributed by atoms with Crippen molar-refractivity contribution in [2.45, 2.75) is 19.4 Å². The summed E-state index contributed by atoms with van der Waals surface area (Å²) in [6.45, 7) is 9.80. The molecule has 66 valence electrons. The predicted molar refractivity (Wildman–Crippen MR) is 49.8 cm³/mol. The molecule has 0 bridgehead atoms. The molecule has 0 radical (unpaired) electrons. The van der Waals surface area contributed by atoms with Gasteiger partial charge in [0.1, 0.15) is 5.60 Å². The van der Waals surface area contributed by atoms with Crippen molar-refractivity contribution in [2.75, 3.05) is 0 Å². The van der Waals surface area contributed by atoms with E-state index in [1.54, 1.807) is 0 Å². The maximum absolute atomic E-state index is 11.3. The first-order valence-corrected chi connectivity index (χ1v) is 3.65. The van der Waals surface area contributed by atoms with Gasteiger partial charge in [0, 0.05) is 5.57 Å². The summed E-state index contributed by atoms with van der Waals surface area (Å²) < 4.78 is 0. The molecule has 2 heteroatoms. The summed E-state index contributed by atoms with van der Waals surface area (Å²) in [4.78, 5) is 11.3. The van der Waals surface area contributed by atoms with Crippen molar-refractivity contribution in [3.63, 3.8) is 0 Å². The van der Waals surface area contributed by atoms with Gasteiger partial charge in [-0.25, -0.2) is 0 Å². The Morgan fingerprint density at radius 2 is 1.92 bits per heavy atom. The summed E-state index contributed by atoms with van der Waals surface area (Å²) in [7, 11) is 0. The number of ketones is 1. The molecule has 0 aromatic rings. The summed E-state index contributed by atoms with van der Waals surface area (Å²) in [6, 6.07) is 0. The van der Waals surface area contributed by atoms with E-state index in [9.17, 15) is 9.90 Å². The number of hydrogen-bond acceptors (Lipinski definition) is 2. The molecular weight excluding hydrogens is 152 g/mol. The minimum Gasteiger partial charge on any atom is -0.382 e. The molecule has 0 aliphatic heterocycles. The van der Waals surface area contributed by atoms with Gasteiger partial charge in [0.05, 0.1) is 0 Å². The molecule has 0 aliphatic carbocycles. The number of allylic oxidation sites excluding steroid dienone is 3. The van der Waals surface area contributed by atoms with E-state index in [1.807, 2.05) is 0 Å². The van der Waals surface area contributed by atoms with Crippen LogP contribution in [0, 0.1) is 0 Å². The minimum absolute atomic E-state index is 0.350. The van der Waals surface area contributed by atoms with E-state index in [1.165, 1.54) is 32.1 Å². The minimum atomic E-state index is -1.34. The maximum atomic E-state index is 11.3. The lowest BCUT2D eigenvalue weighted by atomic mass is 9.96. The Morgan fingerprint density at radius 3 is 2.17 bits per heavy atom. The van der Waals surface area contributed by atoms with Gasteiger partial charge in [0.15, 0.2) is 5.78 Å². The van der Waals surface area contributed by atoms with Crippen LogP contribution in [0.15, 0.2) is 37.0 Å². The molecule has 0 unspecified atom stereocenters. The Morgan fingerprint density at radius 1 is 1.42 bits per heavy atom. The zero-order valence-corrected chi connectivity index (χ0v) is 7.50. The highest BCUT2D eigenvalue weighted by atomic mass is 16.3. The van der Waals surface area contributed by atoms with Gasteiger partial charge in [0.2, 0.25) is 0 Å². The molecule has 0 fully saturated rings. The second-order valence-electron chi connectivity index (χ2n) is 2.95. The SMILES string of the molecule is C=C/C=C(\C=C)C(=O)C(C)(C)O. The van der Waals surface area contributed by atoms with E-state index in [-0.39, 0.29) is 5.78 Å². The first kappa shape index (κ1) is 10.8. The van der Waals surface area contributed by atoms with Gasteiger partial charge in [-0.05, 0) is 13.8 Å². The van der Waals surface area contributed by atoms with Crippen LogP contribution >= 0.6 is 0 Å². The quantitative estimate of drug-likeness (QED) is 0.509. The smallest absolute Gasteiger partial charge is 0.193 e. The number of rotatable bonds is 4. The normalized spacial score (nSPS) is 12.4. The molecule has 0 saturated carbocycles. The predicted octanol–water partition coefficient (Wildman–Crippen LogP) is 1.62. The number of Topliss-reactive ketones (excluding diaryl/α,β-unsaturated/α-hetero) is 1. The zero-order valence-electron chi connectivity index (χ0n) is 7.50. The van der Waals surface area contributed by atoms with Crippen LogP contribution in [-0.4, -0.2) is 16.5 Å². The Balaban J connectivity index is 4.78. The van der Waals surface area contributed by atoms with E-state index in [4.69, 9.17) is 0 Å². The molecule has 0 spiro atoms. The topological polar surface area (TPSA) is 37.3 Å². The fourth-order valence-corrected chi connectivity index (χ4v) is 0.717. The Bertz CT molecular complexity index is 229. The number of carbonyl (C=O) groups excluding carboxylic acids is 1. The molecule has 0 aromatic carbocycles. The van der Waals surface area contributed by atoms with E-state index in [0.29, 0.717) is 5.57 Å². The molecule has 0 saturated heterocycles. The third-order valence-corrected chi connectivity index (χ3v) is 1.34. The third kappa shape index (κ3) is 2.84. The molecule has 0 aliphatic rings. The molecular formula is C10H14O2. The lowest BCUT2D eigenvalue weighted by molar-refractivity contribution is -0.129. The fraction of sp³-hybridized carbons (Fsp3) is 0.300. The van der Waals surface area contributed by atoms with Crippen LogP contribution < -0.4 is 0 Å². The van der Waals surface area contributed by atoms with Gasteiger partial charge >= 0.3 is 0 Å². The van der Waals surface area contributed by atoms with Crippen molar-refractivity contribution in [1.82, 2.24) is 0 Å². The van der Waals surface area contributed by atoms with Crippen molar-refractivity contribution in [1.29, 1.82) is 0 Å². The lowest BCUT2D eigenvalue weighted by Gasteiger charge is -2.15.